The number of rotatable bonds is 2. The maximum absolute atomic E-state index is 12.7. The van der Waals surface area contributed by atoms with Gasteiger partial charge >= 0.3 is 0 Å². The topological polar surface area (TPSA) is 66.6 Å². The summed E-state index contributed by atoms with van der Waals surface area (Å²) in [7, 11) is 0. The molecule has 2 heterocycles. The summed E-state index contributed by atoms with van der Waals surface area (Å²) >= 11 is 0. The summed E-state index contributed by atoms with van der Waals surface area (Å²) in [5.41, 5.74) is 0.645. The molecule has 0 bridgehead atoms. The van der Waals surface area contributed by atoms with E-state index in [4.69, 9.17) is 4.42 Å². The average Bonchev–Trinajstić information content (AvgIpc) is 3.06. The molecular weight excluding hydrogens is 256 g/mol. The summed E-state index contributed by atoms with van der Waals surface area (Å²) in [4.78, 5) is 18.6. The van der Waals surface area contributed by atoms with Crippen LogP contribution in [0.15, 0.2) is 10.8 Å². The molecule has 3 unspecified atom stereocenters. The fourth-order valence-electron chi connectivity index (χ4n) is 3.71. The quantitative estimate of drug-likeness (QED) is 0.900. The maximum Gasteiger partial charge on any atom is 0.291 e. The summed E-state index contributed by atoms with van der Waals surface area (Å²) in [6, 6.07) is 0.151. The Morgan fingerprint density at radius 3 is 2.85 bits per heavy atom. The molecule has 110 valence electrons. The number of hydrogen-bond acceptors (Lipinski definition) is 4. The molecule has 20 heavy (non-hydrogen) atoms. The molecule has 0 aromatic carbocycles. The Balaban J connectivity index is 1.82. The van der Waals surface area contributed by atoms with E-state index < -0.39 is 0 Å². The number of aliphatic hydroxyl groups excluding tert-OH is 1. The van der Waals surface area contributed by atoms with Crippen LogP contribution in [0.1, 0.15) is 54.8 Å². The monoisotopic (exact) mass is 278 g/mol. The number of aromatic nitrogens is 1. The van der Waals surface area contributed by atoms with Gasteiger partial charge in [-0.25, -0.2) is 4.98 Å². The van der Waals surface area contributed by atoms with E-state index >= 15 is 0 Å². The lowest BCUT2D eigenvalue weighted by molar-refractivity contribution is 0.0265. The number of nitrogens with zero attached hydrogens (tertiary/aromatic N) is 2. The van der Waals surface area contributed by atoms with Gasteiger partial charge in [0.2, 0.25) is 5.76 Å². The van der Waals surface area contributed by atoms with Crippen LogP contribution in [0.25, 0.3) is 0 Å². The Bertz CT molecular complexity index is 485. The zero-order valence-corrected chi connectivity index (χ0v) is 11.9. The van der Waals surface area contributed by atoms with Gasteiger partial charge in [0.15, 0.2) is 6.39 Å². The van der Waals surface area contributed by atoms with Gasteiger partial charge in [-0.2, -0.15) is 0 Å². The van der Waals surface area contributed by atoms with Crippen LogP contribution < -0.4 is 0 Å². The minimum atomic E-state index is -0.260. The number of aryl methyl sites for hydroxylation is 1. The molecule has 0 spiro atoms. The van der Waals surface area contributed by atoms with Crippen molar-refractivity contribution in [3.8, 4) is 0 Å². The van der Waals surface area contributed by atoms with E-state index in [-0.39, 0.29) is 24.0 Å². The smallest absolute Gasteiger partial charge is 0.291 e. The minimum absolute atomic E-state index is 0.0659. The highest BCUT2D eigenvalue weighted by atomic mass is 16.3. The Kier molecular flexibility index (Phi) is 3.78. The third-order valence-electron chi connectivity index (χ3n) is 4.78. The number of amides is 1. The number of aliphatic hydroxyl groups is 1. The van der Waals surface area contributed by atoms with E-state index in [1.807, 2.05) is 4.90 Å². The summed E-state index contributed by atoms with van der Waals surface area (Å²) in [6.45, 7) is 2.55. The van der Waals surface area contributed by atoms with Crippen LogP contribution in [0.5, 0.6) is 0 Å². The molecule has 1 amide bonds. The second kappa shape index (κ2) is 5.56. The molecule has 1 aliphatic carbocycles. The molecule has 5 heteroatoms. The lowest BCUT2D eigenvalue weighted by atomic mass is 9.87. The number of carbonyl (C=O) groups excluding carboxylic acids is 1. The average molecular weight is 278 g/mol. The first kappa shape index (κ1) is 13.6. The van der Waals surface area contributed by atoms with E-state index in [1.165, 1.54) is 6.39 Å². The van der Waals surface area contributed by atoms with Crippen LogP contribution in [0.2, 0.25) is 0 Å². The molecule has 2 fully saturated rings. The lowest BCUT2D eigenvalue weighted by Gasteiger charge is -2.40. The minimum Gasteiger partial charge on any atom is -0.438 e. The van der Waals surface area contributed by atoms with E-state index in [0.717, 1.165) is 45.1 Å². The number of likely N-dealkylation sites (tertiary alicyclic amines) is 1. The normalized spacial score (nSPS) is 30.7. The van der Waals surface area contributed by atoms with Gasteiger partial charge in [-0.3, -0.25) is 4.79 Å². The molecule has 3 atom stereocenters. The SMILES string of the molecule is Cc1ncoc1C(=O)N1CCCCC1C1CCCC1O. The lowest BCUT2D eigenvalue weighted by Crippen LogP contribution is -2.49. The molecule has 1 aliphatic heterocycles. The molecule has 3 rings (SSSR count). The van der Waals surface area contributed by atoms with Crippen molar-refractivity contribution in [3.05, 3.63) is 17.8 Å². The number of carbonyl (C=O) groups is 1. The molecule has 1 saturated carbocycles. The fraction of sp³-hybridized carbons (Fsp3) is 0.733. The van der Waals surface area contributed by atoms with Crippen LogP contribution in [-0.4, -0.2) is 39.6 Å². The highest BCUT2D eigenvalue weighted by Crippen LogP contribution is 2.35. The molecule has 1 aromatic heterocycles. The predicted octanol–water partition coefficient (Wildman–Crippen LogP) is 2.14. The van der Waals surface area contributed by atoms with Gasteiger partial charge in [0.25, 0.3) is 5.91 Å². The van der Waals surface area contributed by atoms with Crippen LogP contribution in [0.4, 0.5) is 0 Å². The van der Waals surface area contributed by atoms with Gasteiger partial charge in [-0.15, -0.1) is 0 Å². The Morgan fingerprint density at radius 1 is 1.35 bits per heavy atom. The third kappa shape index (κ3) is 2.35. The van der Waals surface area contributed by atoms with Crippen molar-refractivity contribution < 1.29 is 14.3 Å². The summed E-state index contributed by atoms with van der Waals surface area (Å²) in [5, 5.41) is 10.2. The van der Waals surface area contributed by atoms with Crippen LogP contribution in [0.3, 0.4) is 0 Å². The van der Waals surface area contributed by atoms with Gasteiger partial charge in [-0.1, -0.05) is 6.42 Å². The molecular formula is C15H22N2O3. The van der Waals surface area contributed by atoms with Crippen molar-refractivity contribution >= 4 is 5.91 Å². The van der Waals surface area contributed by atoms with E-state index in [2.05, 4.69) is 4.98 Å². The maximum atomic E-state index is 12.7. The standard InChI is InChI=1S/C15H22N2O3/c1-10-14(20-9-16-10)15(19)17-8-3-2-6-12(17)11-5-4-7-13(11)18/h9,11-13,18H,2-8H2,1H3. The largest absolute Gasteiger partial charge is 0.438 e. The van der Waals surface area contributed by atoms with Crippen molar-refractivity contribution in [2.75, 3.05) is 6.54 Å². The van der Waals surface area contributed by atoms with Crippen LogP contribution in [-0.2, 0) is 0 Å². The highest BCUT2D eigenvalue weighted by Gasteiger charge is 2.39. The zero-order chi connectivity index (χ0) is 14.1. The zero-order valence-electron chi connectivity index (χ0n) is 11.9. The molecule has 1 aromatic rings. The fourth-order valence-corrected chi connectivity index (χ4v) is 3.71. The summed E-state index contributed by atoms with van der Waals surface area (Å²) in [6.07, 6.45) is 7.16. The van der Waals surface area contributed by atoms with Crippen molar-refractivity contribution in [2.45, 2.75) is 57.6 Å². The van der Waals surface area contributed by atoms with Gasteiger partial charge in [-0.05, 0) is 39.0 Å². The Morgan fingerprint density at radius 2 is 2.20 bits per heavy atom. The summed E-state index contributed by atoms with van der Waals surface area (Å²) < 4.78 is 5.25. The van der Waals surface area contributed by atoms with Gasteiger partial charge in [0.05, 0.1) is 11.8 Å². The van der Waals surface area contributed by atoms with Gasteiger partial charge in [0.1, 0.15) is 0 Å². The predicted molar refractivity (Wildman–Crippen MR) is 73.3 cm³/mol. The van der Waals surface area contributed by atoms with Crippen molar-refractivity contribution in [2.24, 2.45) is 5.92 Å². The van der Waals surface area contributed by atoms with Crippen LogP contribution >= 0.6 is 0 Å². The number of oxazole rings is 1. The molecule has 1 saturated heterocycles. The van der Waals surface area contributed by atoms with E-state index in [0.29, 0.717) is 11.5 Å². The van der Waals surface area contributed by atoms with Crippen LogP contribution in [0, 0.1) is 12.8 Å². The van der Waals surface area contributed by atoms with E-state index in [1.54, 1.807) is 6.92 Å². The summed E-state index contributed by atoms with van der Waals surface area (Å²) in [5.74, 6) is 0.510. The second-order valence-corrected chi connectivity index (χ2v) is 5.99. The first-order valence-electron chi connectivity index (χ1n) is 7.57. The highest BCUT2D eigenvalue weighted by molar-refractivity contribution is 5.92. The van der Waals surface area contributed by atoms with E-state index in [9.17, 15) is 9.90 Å². The van der Waals surface area contributed by atoms with Crippen molar-refractivity contribution in [1.82, 2.24) is 9.88 Å². The third-order valence-corrected chi connectivity index (χ3v) is 4.78. The first-order chi connectivity index (χ1) is 9.68. The second-order valence-electron chi connectivity index (χ2n) is 5.99. The number of hydrogen-bond donors (Lipinski definition) is 1. The van der Waals surface area contributed by atoms with Crippen molar-refractivity contribution in [3.63, 3.8) is 0 Å². The number of piperidine rings is 1. The Labute approximate surface area is 119 Å². The van der Waals surface area contributed by atoms with Crippen molar-refractivity contribution in [1.29, 1.82) is 0 Å². The first-order valence-corrected chi connectivity index (χ1v) is 7.57. The molecule has 0 radical (unpaired) electrons. The molecule has 1 N–H and O–H groups in total. The van der Waals surface area contributed by atoms with Gasteiger partial charge < -0.3 is 14.4 Å². The molecule has 2 aliphatic rings. The Hall–Kier alpha value is -1.36. The van der Waals surface area contributed by atoms with Gasteiger partial charge in [0, 0.05) is 18.5 Å². The molecule has 5 nitrogen and oxygen atoms in total.